The van der Waals surface area contributed by atoms with E-state index in [-0.39, 0.29) is 29.2 Å². The second-order valence-electron chi connectivity index (χ2n) is 6.35. The minimum absolute atomic E-state index is 0.0699. The lowest BCUT2D eigenvalue weighted by atomic mass is 9.99. The molecular weight excluding hydrogens is 282 g/mol. The Morgan fingerprint density at radius 2 is 2.00 bits per heavy atom. The Morgan fingerprint density at radius 3 is 2.73 bits per heavy atom. The normalized spacial score (nSPS) is 25.1. The number of H-pyrrole nitrogens is 1. The monoisotopic (exact) mass is 303 g/mol. The summed E-state index contributed by atoms with van der Waals surface area (Å²) >= 11 is 0. The Kier molecular flexibility index (Phi) is 3.76. The largest absolute Gasteiger partial charge is 0.354 e. The van der Waals surface area contributed by atoms with Crippen LogP contribution in [0.3, 0.4) is 0 Å². The van der Waals surface area contributed by atoms with E-state index >= 15 is 0 Å². The van der Waals surface area contributed by atoms with Gasteiger partial charge >= 0.3 is 0 Å². The molecule has 118 valence electrons. The van der Waals surface area contributed by atoms with Crippen LogP contribution in [-0.2, 0) is 4.79 Å². The van der Waals surface area contributed by atoms with Crippen molar-refractivity contribution in [3.05, 3.63) is 33.7 Å². The number of likely N-dealkylation sites (N-methyl/N-ethyl adjacent to an activating group) is 1. The van der Waals surface area contributed by atoms with Crippen molar-refractivity contribution < 1.29 is 9.59 Å². The SMILES string of the molecule is Cc1cc(=O)cc(C(=O)N2C[C@H]3CCC[C@@H](C2)N(C)C3=O)[nH]1. The van der Waals surface area contributed by atoms with E-state index < -0.39 is 0 Å². The van der Waals surface area contributed by atoms with Gasteiger partial charge in [-0.1, -0.05) is 6.42 Å². The van der Waals surface area contributed by atoms with Gasteiger partial charge in [-0.25, -0.2) is 0 Å². The first kappa shape index (κ1) is 14.8. The van der Waals surface area contributed by atoms with Gasteiger partial charge in [-0.05, 0) is 19.8 Å². The van der Waals surface area contributed by atoms with E-state index in [4.69, 9.17) is 0 Å². The average molecular weight is 303 g/mol. The molecule has 2 aliphatic heterocycles. The van der Waals surface area contributed by atoms with Gasteiger partial charge in [0.25, 0.3) is 5.91 Å². The number of aryl methyl sites for hydroxylation is 1. The molecular formula is C16H21N3O3. The highest BCUT2D eigenvalue weighted by Gasteiger charge is 2.38. The van der Waals surface area contributed by atoms with Gasteiger partial charge in [0.05, 0.1) is 5.92 Å². The highest BCUT2D eigenvalue weighted by Crippen LogP contribution is 2.27. The van der Waals surface area contributed by atoms with Crippen LogP contribution in [0.1, 0.15) is 35.4 Å². The van der Waals surface area contributed by atoms with Crippen LogP contribution in [0, 0.1) is 12.8 Å². The number of carbonyl (C=O) groups is 2. The lowest BCUT2D eigenvalue weighted by Crippen LogP contribution is -2.42. The van der Waals surface area contributed by atoms with E-state index in [0.717, 1.165) is 19.3 Å². The Bertz CT molecular complexity index is 667. The first-order valence-electron chi connectivity index (χ1n) is 7.72. The smallest absolute Gasteiger partial charge is 0.270 e. The number of likely N-dealkylation sites (tertiary alicyclic amines) is 1. The van der Waals surface area contributed by atoms with Crippen LogP contribution in [0.5, 0.6) is 0 Å². The molecule has 2 bridgehead atoms. The fourth-order valence-electron chi connectivity index (χ4n) is 3.50. The van der Waals surface area contributed by atoms with Gasteiger partial charge in [0.2, 0.25) is 5.91 Å². The molecule has 22 heavy (non-hydrogen) atoms. The zero-order valence-electron chi connectivity index (χ0n) is 13.0. The minimum atomic E-state index is -0.194. The number of amides is 2. The van der Waals surface area contributed by atoms with E-state index in [1.54, 1.807) is 16.7 Å². The van der Waals surface area contributed by atoms with Crippen molar-refractivity contribution in [2.75, 3.05) is 20.1 Å². The summed E-state index contributed by atoms with van der Waals surface area (Å²) in [6.07, 6.45) is 2.77. The molecule has 0 radical (unpaired) electrons. The molecule has 6 nitrogen and oxygen atoms in total. The average Bonchev–Trinajstić information content (AvgIpc) is 2.63. The summed E-state index contributed by atoms with van der Waals surface area (Å²) in [5.74, 6) is -0.186. The van der Waals surface area contributed by atoms with Crippen molar-refractivity contribution in [3.63, 3.8) is 0 Å². The second-order valence-corrected chi connectivity index (χ2v) is 6.35. The third-order valence-electron chi connectivity index (χ3n) is 4.70. The van der Waals surface area contributed by atoms with E-state index in [0.29, 0.717) is 24.5 Å². The summed E-state index contributed by atoms with van der Waals surface area (Å²) in [4.78, 5) is 43.2. The van der Waals surface area contributed by atoms with Gasteiger partial charge in [0.15, 0.2) is 5.43 Å². The number of nitrogens with one attached hydrogen (secondary N) is 1. The maximum Gasteiger partial charge on any atom is 0.270 e. The number of hydrogen-bond acceptors (Lipinski definition) is 3. The topological polar surface area (TPSA) is 73.5 Å². The van der Waals surface area contributed by atoms with Gasteiger partial charge in [0.1, 0.15) is 5.69 Å². The van der Waals surface area contributed by atoms with E-state index in [9.17, 15) is 14.4 Å². The Labute approximate surface area is 129 Å². The highest BCUT2D eigenvalue weighted by molar-refractivity contribution is 5.93. The standard InChI is InChI=1S/C16H21N3O3/c1-10-6-13(20)7-14(17-10)16(22)19-8-11-4-3-5-12(9-19)18(2)15(11)21/h6-7,11-12H,3-5,8-9H2,1-2H3,(H,17,20)/t11-,12+/m1/s1. The van der Waals surface area contributed by atoms with Crippen molar-refractivity contribution in [3.8, 4) is 0 Å². The number of rotatable bonds is 1. The number of nitrogens with zero attached hydrogens (tertiary/aromatic N) is 2. The fraction of sp³-hybridized carbons (Fsp3) is 0.562. The highest BCUT2D eigenvalue weighted by atomic mass is 16.2. The molecule has 2 saturated heterocycles. The molecule has 3 rings (SSSR count). The summed E-state index contributed by atoms with van der Waals surface area (Å²) < 4.78 is 0. The molecule has 0 unspecified atom stereocenters. The molecule has 2 amide bonds. The van der Waals surface area contributed by atoms with Gasteiger partial charge in [-0.15, -0.1) is 0 Å². The van der Waals surface area contributed by atoms with Crippen LogP contribution in [0.4, 0.5) is 0 Å². The number of hydrogen-bond donors (Lipinski definition) is 1. The molecule has 1 aromatic rings. The number of aromatic amines is 1. The zero-order chi connectivity index (χ0) is 15.9. The number of carbonyl (C=O) groups excluding carboxylic acids is 2. The van der Waals surface area contributed by atoms with E-state index in [2.05, 4.69) is 4.98 Å². The molecule has 2 atom stereocenters. The predicted molar refractivity (Wildman–Crippen MR) is 81.6 cm³/mol. The lowest BCUT2D eigenvalue weighted by Gasteiger charge is -2.29. The quantitative estimate of drug-likeness (QED) is 0.832. The van der Waals surface area contributed by atoms with Gasteiger partial charge < -0.3 is 14.8 Å². The van der Waals surface area contributed by atoms with Crippen LogP contribution < -0.4 is 5.43 Å². The predicted octanol–water partition coefficient (Wildman–Crippen LogP) is 0.766. The summed E-state index contributed by atoms with van der Waals surface area (Å²) in [6, 6.07) is 2.87. The minimum Gasteiger partial charge on any atom is -0.354 e. The third-order valence-corrected chi connectivity index (χ3v) is 4.70. The van der Waals surface area contributed by atoms with Crippen molar-refractivity contribution >= 4 is 11.8 Å². The van der Waals surface area contributed by atoms with Crippen LogP contribution in [-0.4, -0.2) is 52.8 Å². The molecule has 0 aliphatic carbocycles. The maximum absolute atomic E-state index is 12.7. The Morgan fingerprint density at radius 1 is 1.23 bits per heavy atom. The molecule has 1 N–H and O–H groups in total. The van der Waals surface area contributed by atoms with Crippen molar-refractivity contribution in [1.82, 2.24) is 14.8 Å². The number of aromatic nitrogens is 1. The summed E-state index contributed by atoms with van der Waals surface area (Å²) in [5, 5.41) is 0. The fourth-order valence-corrected chi connectivity index (χ4v) is 3.50. The second kappa shape index (κ2) is 5.59. The molecule has 2 fully saturated rings. The molecule has 0 spiro atoms. The molecule has 6 heteroatoms. The van der Waals surface area contributed by atoms with Crippen LogP contribution in [0.15, 0.2) is 16.9 Å². The van der Waals surface area contributed by atoms with Crippen LogP contribution in [0.25, 0.3) is 0 Å². The number of fused-ring (bicyclic) bond motifs is 3. The molecule has 3 heterocycles. The van der Waals surface area contributed by atoms with Gasteiger partial charge in [0, 0.05) is 44.0 Å². The van der Waals surface area contributed by atoms with Crippen molar-refractivity contribution in [2.45, 2.75) is 32.2 Å². The van der Waals surface area contributed by atoms with Crippen LogP contribution in [0.2, 0.25) is 0 Å². The summed E-state index contributed by atoms with van der Waals surface area (Å²) in [6.45, 7) is 2.73. The van der Waals surface area contributed by atoms with Gasteiger partial charge in [-0.2, -0.15) is 0 Å². The van der Waals surface area contributed by atoms with Gasteiger partial charge in [-0.3, -0.25) is 14.4 Å². The van der Waals surface area contributed by atoms with E-state index in [1.165, 1.54) is 12.1 Å². The molecule has 0 saturated carbocycles. The molecule has 1 aromatic heterocycles. The first-order valence-corrected chi connectivity index (χ1v) is 7.72. The third kappa shape index (κ3) is 2.65. The zero-order valence-corrected chi connectivity index (χ0v) is 13.0. The Hall–Kier alpha value is -2.11. The Balaban J connectivity index is 1.90. The maximum atomic E-state index is 12.7. The molecule has 2 aliphatic rings. The first-order chi connectivity index (χ1) is 10.5. The number of pyridine rings is 1. The summed E-state index contributed by atoms with van der Waals surface area (Å²) in [7, 11) is 1.83. The van der Waals surface area contributed by atoms with Crippen LogP contribution >= 0.6 is 0 Å². The van der Waals surface area contributed by atoms with Crippen molar-refractivity contribution in [1.29, 1.82) is 0 Å². The summed E-state index contributed by atoms with van der Waals surface area (Å²) in [5.41, 5.74) is 0.793. The lowest BCUT2D eigenvalue weighted by molar-refractivity contribution is -0.134. The van der Waals surface area contributed by atoms with E-state index in [1.807, 2.05) is 7.05 Å². The molecule has 0 aromatic carbocycles. The van der Waals surface area contributed by atoms with Crippen molar-refractivity contribution in [2.24, 2.45) is 5.92 Å².